The summed E-state index contributed by atoms with van der Waals surface area (Å²) in [5, 5.41) is 7.22. The van der Waals surface area contributed by atoms with E-state index < -0.39 is 0 Å². The average molecular weight is 252 g/mol. The highest BCUT2D eigenvalue weighted by atomic mass is 16.5. The fourth-order valence-electron chi connectivity index (χ4n) is 2.10. The van der Waals surface area contributed by atoms with E-state index in [1.807, 2.05) is 20.9 Å². The van der Waals surface area contributed by atoms with Crippen LogP contribution in [0.5, 0.6) is 0 Å². The molecule has 2 rings (SSSR count). The van der Waals surface area contributed by atoms with E-state index in [1.165, 1.54) is 0 Å². The second kappa shape index (κ2) is 5.49. The summed E-state index contributed by atoms with van der Waals surface area (Å²) in [5.74, 6) is 0.0103. The lowest BCUT2D eigenvalue weighted by molar-refractivity contribution is -0.118. The predicted molar refractivity (Wildman–Crippen MR) is 68.6 cm³/mol. The first kappa shape index (κ1) is 13.0. The van der Waals surface area contributed by atoms with Crippen LogP contribution in [-0.4, -0.2) is 53.4 Å². The van der Waals surface area contributed by atoms with Crippen LogP contribution >= 0.6 is 0 Å². The fraction of sp³-hybridized carbons (Fsp3) is 0.667. The van der Waals surface area contributed by atoms with E-state index >= 15 is 0 Å². The number of nitrogens with zero attached hydrogens (tertiary/aromatic N) is 3. The molecule has 1 aliphatic rings. The molecule has 1 aromatic rings. The number of carbonyl (C=O) groups is 1. The summed E-state index contributed by atoms with van der Waals surface area (Å²) < 4.78 is 7.03. The average Bonchev–Trinajstić information content (AvgIpc) is 2.57. The van der Waals surface area contributed by atoms with Crippen molar-refractivity contribution in [1.29, 1.82) is 0 Å². The van der Waals surface area contributed by atoms with Gasteiger partial charge >= 0.3 is 0 Å². The number of morpholine rings is 1. The summed E-state index contributed by atoms with van der Waals surface area (Å²) in [6.07, 6.45) is 0. The van der Waals surface area contributed by atoms with Crippen LogP contribution in [0, 0.1) is 13.8 Å². The first-order valence-electron chi connectivity index (χ1n) is 6.18. The van der Waals surface area contributed by atoms with Crippen LogP contribution in [0.2, 0.25) is 0 Å². The first-order chi connectivity index (χ1) is 8.58. The van der Waals surface area contributed by atoms with Crippen molar-refractivity contribution < 1.29 is 9.53 Å². The highest BCUT2D eigenvalue weighted by molar-refractivity contribution is 5.93. The Labute approximate surface area is 107 Å². The third-order valence-corrected chi connectivity index (χ3v) is 3.24. The molecule has 1 saturated heterocycles. The summed E-state index contributed by atoms with van der Waals surface area (Å²) in [4.78, 5) is 14.1. The molecule has 0 bridgehead atoms. The number of hydrogen-bond acceptors (Lipinski definition) is 4. The van der Waals surface area contributed by atoms with Crippen molar-refractivity contribution in [2.75, 3.05) is 38.2 Å². The van der Waals surface area contributed by atoms with Gasteiger partial charge in [0.25, 0.3) is 0 Å². The third kappa shape index (κ3) is 2.88. The number of carbonyl (C=O) groups excluding carboxylic acids is 1. The van der Waals surface area contributed by atoms with Crippen molar-refractivity contribution >= 4 is 11.6 Å². The van der Waals surface area contributed by atoms with Gasteiger partial charge in [0.05, 0.1) is 36.8 Å². The Morgan fingerprint density at radius 3 is 2.61 bits per heavy atom. The molecule has 100 valence electrons. The van der Waals surface area contributed by atoms with Crippen LogP contribution in [-0.2, 0) is 16.6 Å². The smallest absolute Gasteiger partial charge is 0.238 e. The zero-order valence-corrected chi connectivity index (χ0v) is 11.2. The lowest BCUT2D eigenvalue weighted by Gasteiger charge is -2.25. The summed E-state index contributed by atoms with van der Waals surface area (Å²) in [6.45, 7) is 7.31. The molecule has 6 heteroatoms. The van der Waals surface area contributed by atoms with E-state index in [1.54, 1.807) is 4.68 Å². The number of ether oxygens (including phenoxy) is 1. The lowest BCUT2D eigenvalue weighted by atomic mass is 10.3. The summed E-state index contributed by atoms with van der Waals surface area (Å²) in [6, 6.07) is 0. The Morgan fingerprint density at radius 2 is 2.06 bits per heavy atom. The van der Waals surface area contributed by atoms with Crippen molar-refractivity contribution in [3.05, 3.63) is 11.4 Å². The number of amides is 1. The van der Waals surface area contributed by atoms with E-state index in [0.717, 1.165) is 30.2 Å². The molecular weight excluding hydrogens is 232 g/mol. The normalized spacial score (nSPS) is 16.8. The molecule has 0 radical (unpaired) electrons. The van der Waals surface area contributed by atoms with Crippen LogP contribution in [0.15, 0.2) is 0 Å². The quantitative estimate of drug-likeness (QED) is 0.841. The van der Waals surface area contributed by atoms with Gasteiger partial charge in [-0.2, -0.15) is 5.10 Å². The Hall–Kier alpha value is -1.40. The monoisotopic (exact) mass is 252 g/mol. The molecule has 0 aromatic carbocycles. The van der Waals surface area contributed by atoms with E-state index in [9.17, 15) is 4.79 Å². The summed E-state index contributed by atoms with van der Waals surface area (Å²) in [5.41, 5.74) is 2.66. The Kier molecular flexibility index (Phi) is 3.98. The number of anilines is 1. The van der Waals surface area contributed by atoms with Crippen LogP contribution in [0.4, 0.5) is 5.69 Å². The number of aryl methyl sites for hydroxylation is 2. The van der Waals surface area contributed by atoms with E-state index in [-0.39, 0.29) is 5.91 Å². The van der Waals surface area contributed by atoms with Crippen LogP contribution in [0.25, 0.3) is 0 Å². The van der Waals surface area contributed by atoms with Crippen LogP contribution in [0.1, 0.15) is 11.4 Å². The van der Waals surface area contributed by atoms with Crippen molar-refractivity contribution in [1.82, 2.24) is 14.7 Å². The standard InChI is InChI=1S/C12H20N4O2/c1-9-12(10(2)15(3)14-9)13-11(17)8-16-4-6-18-7-5-16/h4-8H2,1-3H3,(H,13,17). The van der Waals surface area contributed by atoms with Crippen molar-refractivity contribution in [3.63, 3.8) is 0 Å². The van der Waals surface area contributed by atoms with Gasteiger partial charge in [0.2, 0.25) is 5.91 Å². The molecule has 0 spiro atoms. The molecule has 0 atom stereocenters. The molecule has 1 fully saturated rings. The maximum atomic E-state index is 12.0. The molecule has 1 aromatic heterocycles. The van der Waals surface area contributed by atoms with E-state index in [4.69, 9.17) is 4.74 Å². The van der Waals surface area contributed by atoms with Crippen molar-refractivity contribution in [3.8, 4) is 0 Å². The van der Waals surface area contributed by atoms with Gasteiger partial charge in [0.15, 0.2) is 0 Å². The molecule has 6 nitrogen and oxygen atoms in total. The molecule has 0 unspecified atom stereocenters. The minimum Gasteiger partial charge on any atom is -0.379 e. The van der Waals surface area contributed by atoms with E-state index in [0.29, 0.717) is 19.8 Å². The highest BCUT2D eigenvalue weighted by Gasteiger charge is 2.16. The number of nitrogens with one attached hydrogen (secondary N) is 1. The van der Waals surface area contributed by atoms with Gasteiger partial charge in [-0.25, -0.2) is 0 Å². The molecule has 1 aliphatic heterocycles. The van der Waals surface area contributed by atoms with Gasteiger partial charge in [0.1, 0.15) is 0 Å². The molecular formula is C12H20N4O2. The molecule has 18 heavy (non-hydrogen) atoms. The topological polar surface area (TPSA) is 59.4 Å². The van der Waals surface area contributed by atoms with E-state index in [2.05, 4.69) is 15.3 Å². The maximum Gasteiger partial charge on any atom is 0.238 e. The van der Waals surface area contributed by atoms with Gasteiger partial charge in [0, 0.05) is 20.1 Å². The van der Waals surface area contributed by atoms with Gasteiger partial charge in [-0.3, -0.25) is 14.4 Å². The maximum absolute atomic E-state index is 12.0. The summed E-state index contributed by atoms with van der Waals surface area (Å²) in [7, 11) is 1.87. The van der Waals surface area contributed by atoms with Crippen LogP contribution < -0.4 is 5.32 Å². The second-order valence-corrected chi connectivity index (χ2v) is 4.61. The number of aromatic nitrogens is 2. The van der Waals surface area contributed by atoms with Crippen molar-refractivity contribution in [2.24, 2.45) is 7.05 Å². The summed E-state index contributed by atoms with van der Waals surface area (Å²) >= 11 is 0. The Balaban J connectivity index is 1.94. The Morgan fingerprint density at radius 1 is 1.39 bits per heavy atom. The third-order valence-electron chi connectivity index (χ3n) is 3.24. The highest BCUT2D eigenvalue weighted by Crippen LogP contribution is 2.18. The lowest BCUT2D eigenvalue weighted by Crippen LogP contribution is -2.41. The largest absolute Gasteiger partial charge is 0.379 e. The molecule has 0 saturated carbocycles. The van der Waals surface area contributed by atoms with Gasteiger partial charge in [-0.1, -0.05) is 0 Å². The second-order valence-electron chi connectivity index (χ2n) is 4.61. The SMILES string of the molecule is Cc1nn(C)c(C)c1NC(=O)CN1CCOCC1. The van der Waals surface area contributed by atoms with Gasteiger partial charge in [-0.05, 0) is 13.8 Å². The number of rotatable bonds is 3. The predicted octanol–water partition coefficient (Wildman–Crippen LogP) is 0.308. The molecule has 1 amide bonds. The Bertz CT molecular complexity index is 436. The first-order valence-corrected chi connectivity index (χ1v) is 6.18. The van der Waals surface area contributed by atoms with Crippen LogP contribution in [0.3, 0.4) is 0 Å². The molecule has 1 N–H and O–H groups in total. The fourth-order valence-corrected chi connectivity index (χ4v) is 2.10. The molecule has 2 heterocycles. The van der Waals surface area contributed by atoms with Crippen molar-refractivity contribution in [2.45, 2.75) is 13.8 Å². The molecule has 0 aliphatic carbocycles. The minimum absolute atomic E-state index is 0.0103. The minimum atomic E-state index is 0.0103. The number of hydrogen-bond donors (Lipinski definition) is 1. The van der Waals surface area contributed by atoms with Gasteiger partial charge < -0.3 is 10.1 Å². The zero-order valence-electron chi connectivity index (χ0n) is 11.2. The van der Waals surface area contributed by atoms with Gasteiger partial charge in [-0.15, -0.1) is 0 Å². The zero-order chi connectivity index (χ0) is 13.1.